The first-order valence-electron chi connectivity index (χ1n) is 3.71. The molecule has 0 aliphatic rings. The van der Waals surface area contributed by atoms with Crippen LogP contribution < -0.4 is 5.32 Å². The summed E-state index contributed by atoms with van der Waals surface area (Å²) in [7, 11) is 1.96. The molecule has 0 radical (unpaired) electrons. The molecule has 1 heteroatoms. The fourth-order valence-corrected chi connectivity index (χ4v) is 0.641. The average molecular weight is 127 g/mol. The Morgan fingerprint density at radius 3 is 2.67 bits per heavy atom. The van der Waals surface area contributed by atoms with E-state index in [9.17, 15) is 0 Å². The fraction of sp³-hybridized carbons (Fsp3) is 0.750. The number of likely N-dealkylation sites (N-methyl/N-ethyl adjacent to an activating group) is 1. The number of hydrogen-bond donors (Lipinski definition) is 1. The van der Waals surface area contributed by atoms with Gasteiger partial charge in [-0.25, -0.2) is 0 Å². The molecule has 0 spiro atoms. The van der Waals surface area contributed by atoms with Crippen molar-refractivity contribution in [2.45, 2.75) is 26.2 Å². The average Bonchev–Trinajstić information content (AvgIpc) is 1.89. The van der Waals surface area contributed by atoms with Gasteiger partial charge in [-0.1, -0.05) is 31.9 Å². The van der Waals surface area contributed by atoms with E-state index in [1.807, 2.05) is 7.05 Å². The smallest absolute Gasteiger partial charge is 0.0131 e. The molecule has 0 fully saturated rings. The largest absolute Gasteiger partial charge is 0.316 e. The predicted molar refractivity (Wildman–Crippen MR) is 42.6 cm³/mol. The molecular formula is C8H17N. The number of nitrogens with one attached hydrogen (secondary N) is 1. The van der Waals surface area contributed by atoms with E-state index in [2.05, 4.69) is 24.4 Å². The Labute approximate surface area is 58.2 Å². The summed E-state index contributed by atoms with van der Waals surface area (Å²) in [6.07, 6.45) is 8.26. The van der Waals surface area contributed by atoms with Gasteiger partial charge in [0.1, 0.15) is 0 Å². The molecule has 1 N–H and O–H groups in total. The van der Waals surface area contributed by atoms with Crippen LogP contribution in [0.2, 0.25) is 0 Å². The molecule has 0 heterocycles. The van der Waals surface area contributed by atoms with Gasteiger partial charge in [0.25, 0.3) is 0 Å². The lowest BCUT2D eigenvalue weighted by atomic mass is 10.2. The quantitative estimate of drug-likeness (QED) is 0.439. The van der Waals surface area contributed by atoms with E-state index in [1.165, 1.54) is 19.3 Å². The first kappa shape index (κ1) is 8.70. The third-order valence-electron chi connectivity index (χ3n) is 1.21. The first-order chi connectivity index (χ1) is 4.41. The topological polar surface area (TPSA) is 12.0 Å². The van der Waals surface area contributed by atoms with E-state index in [0.29, 0.717) is 0 Å². The van der Waals surface area contributed by atoms with Gasteiger partial charge in [0, 0.05) is 6.54 Å². The van der Waals surface area contributed by atoms with Gasteiger partial charge in [0.2, 0.25) is 0 Å². The molecule has 0 aliphatic heterocycles. The van der Waals surface area contributed by atoms with Crippen LogP contribution in [-0.4, -0.2) is 13.6 Å². The van der Waals surface area contributed by atoms with Crippen molar-refractivity contribution in [2.24, 2.45) is 0 Å². The molecule has 0 aromatic heterocycles. The molecule has 9 heavy (non-hydrogen) atoms. The highest BCUT2D eigenvalue weighted by Crippen LogP contribution is 1.93. The molecule has 0 unspecified atom stereocenters. The van der Waals surface area contributed by atoms with Gasteiger partial charge in [-0.05, 0) is 13.5 Å². The number of unbranched alkanes of at least 4 members (excludes halogenated alkanes) is 2. The molecule has 0 aromatic rings. The standard InChI is InChI=1S/C8H17N/c1-3-4-5-6-7-8-9-2/h6-7,9H,3-5,8H2,1-2H3/b7-6+. The zero-order valence-electron chi connectivity index (χ0n) is 6.48. The van der Waals surface area contributed by atoms with Crippen molar-refractivity contribution in [3.05, 3.63) is 12.2 Å². The maximum atomic E-state index is 3.06. The molecular weight excluding hydrogens is 110 g/mol. The lowest BCUT2D eigenvalue weighted by Gasteiger charge is -1.88. The zero-order valence-corrected chi connectivity index (χ0v) is 6.48. The Morgan fingerprint density at radius 2 is 2.11 bits per heavy atom. The SMILES string of the molecule is CCCC/C=C/CNC. The molecule has 0 amide bonds. The van der Waals surface area contributed by atoms with Crippen LogP contribution in [0.1, 0.15) is 26.2 Å². The third-order valence-corrected chi connectivity index (χ3v) is 1.21. The fourth-order valence-electron chi connectivity index (χ4n) is 0.641. The van der Waals surface area contributed by atoms with Gasteiger partial charge < -0.3 is 5.32 Å². The van der Waals surface area contributed by atoms with Gasteiger partial charge in [-0.2, -0.15) is 0 Å². The monoisotopic (exact) mass is 127 g/mol. The molecule has 0 atom stereocenters. The Hall–Kier alpha value is -0.300. The molecule has 0 rings (SSSR count). The number of hydrogen-bond acceptors (Lipinski definition) is 1. The lowest BCUT2D eigenvalue weighted by Crippen LogP contribution is -2.03. The van der Waals surface area contributed by atoms with Crippen molar-refractivity contribution in [3.63, 3.8) is 0 Å². The summed E-state index contributed by atoms with van der Waals surface area (Å²) >= 11 is 0. The second-order valence-corrected chi connectivity index (χ2v) is 2.17. The van der Waals surface area contributed by atoms with Gasteiger partial charge in [0.05, 0.1) is 0 Å². The van der Waals surface area contributed by atoms with Crippen LogP contribution in [0.4, 0.5) is 0 Å². The van der Waals surface area contributed by atoms with Crippen molar-refractivity contribution in [1.82, 2.24) is 5.32 Å². The van der Waals surface area contributed by atoms with Crippen LogP contribution >= 0.6 is 0 Å². The van der Waals surface area contributed by atoms with Gasteiger partial charge >= 0.3 is 0 Å². The van der Waals surface area contributed by atoms with Gasteiger partial charge in [0.15, 0.2) is 0 Å². The zero-order chi connectivity index (χ0) is 6.95. The molecule has 0 saturated carbocycles. The minimum atomic E-state index is 1.00. The van der Waals surface area contributed by atoms with Gasteiger partial charge in [-0.15, -0.1) is 0 Å². The highest BCUT2D eigenvalue weighted by atomic mass is 14.8. The normalized spacial score (nSPS) is 10.9. The van der Waals surface area contributed by atoms with E-state index in [4.69, 9.17) is 0 Å². The van der Waals surface area contributed by atoms with E-state index in [0.717, 1.165) is 6.54 Å². The van der Waals surface area contributed by atoms with Gasteiger partial charge in [-0.3, -0.25) is 0 Å². The minimum Gasteiger partial charge on any atom is -0.316 e. The van der Waals surface area contributed by atoms with Crippen LogP contribution in [0.25, 0.3) is 0 Å². The van der Waals surface area contributed by atoms with Crippen molar-refractivity contribution < 1.29 is 0 Å². The van der Waals surface area contributed by atoms with Crippen molar-refractivity contribution in [2.75, 3.05) is 13.6 Å². The summed E-state index contributed by atoms with van der Waals surface area (Å²) < 4.78 is 0. The van der Waals surface area contributed by atoms with Crippen LogP contribution in [0.3, 0.4) is 0 Å². The van der Waals surface area contributed by atoms with Crippen molar-refractivity contribution in [3.8, 4) is 0 Å². The highest BCUT2D eigenvalue weighted by molar-refractivity contribution is 4.82. The Balaban J connectivity index is 2.86. The van der Waals surface area contributed by atoms with Crippen LogP contribution in [-0.2, 0) is 0 Å². The maximum absolute atomic E-state index is 3.06. The van der Waals surface area contributed by atoms with Crippen molar-refractivity contribution >= 4 is 0 Å². The highest BCUT2D eigenvalue weighted by Gasteiger charge is 1.75. The summed E-state index contributed by atoms with van der Waals surface area (Å²) in [6, 6.07) is 0. The van der Waals surface area contributed by atoms with E-state index in [-0.39, 0.29) is 0 Å². The summed E-state index contributed by atoms with van der Waals surface area (Å²) in [5.41, 5.74) is 0. The van der Waals surface area contributed by atoms with Crippen LogP contribution in [0.15, 0.2) is 12.2 Å². The summed E-state index contributed by atoms with van der Waals surface area (Å²) in [5.74, 6) is 0. The third kappa shape index (κ3) is 7.70. The minimum absolute atomic E-state index is 1.00. The second kappa shape index (κ2) is 7.70. The van der Waals surface area contributed by atoms with Crippen molar-refractivity contribution in [1.29, 1.82) is 0 Å². The molecule has 1 nitrogen and oxygen atoms in total. The number of allylic oxidation sites excluding steroid dienone is 1. The predicted octanol–water partition coefficient (Wildman–Crippen LogP) is 1.95. The lowest BCUT2D eigenvalue weighted by molar-refractivity contribution is 0.810. The summed E-state index contributed by atoms with van der Waals surface area (Å²) in [4.78, 5) is 0. The molecule has 54 valence electrons. The first-order valence-corrected chi connectivity index (χ1v) is 3.71. The maximum Gasteiger partial charge on any atom is 0.0131 e. The van der Waals surface area contributed by atoms with E-state index >= 15 is 0 Å². The second-order valence-electron chi connectivity index (χ2n) is 2.17. The Morgan fingerprint density at radius 1 is 1.33 bits per heavy atom. The molecule has 0 aromatic carbocycles. The Kier molecular flexibility index (Phi) is 7.44. The van der Waals surface area contributed by atoms with E-state index < -0.39 is 0 Å². The van der Waals surface area contributed by atoms with Crippen LogP contribution in [0, 0.1) is 0 Å². The summed E-state index contributed by atoms with van der Waals surface area (Å²) in [6.45, 7) is 3.22. The van der Waals surface area contributed by atoms with Crippen LogP contribution in [0.5, 0.6) is 0 Å². The Bertz CT molecular complexity index is 67.0. The molecule has 0 saturated heterocycles. The summed E-state index contributed by atoms with van der Waals surface area (Å²) in [5, 5.41) is 3.06. The van der Waals surface area contributed by atoms with E-state index in [1.54, 1.807) is 0 Å². The molecule has 0 bridgehead atoms. The number of rotatable bonds is 5. The molecule has 0 aliphatic carbocycles.